The van der Waals surface area contributed by atoms with Crippen LogP contribution in [0.1, 0.15) is 32.6 Å². The zero-order valence-electron chi connectivity index (χ0n) is 13.0. The molecule has 1 aromatic rings. The van der Waals surface area contributed by atoms with Crippen LogP contribution in [0.15, 0.2) is 12.4 Å². The van der Waals surface area contributed by atoms with Gasteiger partial charge >= 0.3 is 0 Å². The van der Waals surface area contributed by atoms with E-state index >= 15 is 0 Å². The van der Waals surface area contributed by atoms with E-state index in [1.165, 1.54) is 0 Å². The summed E-state index contributed by atoms with van der Waals surface area (Å²) < 4.78 is 28.1. The van der Waals surface area contributed by atoms with Gasteiger partial charge in [-0.15, -0.1) is 0 Å². The molecule has 2 unspecified atom stereocenters. The van der Waals surface area contributed by atoms with Crippen LogP contribution in [-0.4, -0.2) is 52.8 Å². The van der Waals surface area contributed by atoms with Gasteiger partial charge in [-0.1, -0.05) is 6.92 Å². The van der Waals surface area contributed by atoms with Crippen LogP contribution in [0.5, 0.6) is 0 Å². The Hall–Kier alpha value is -1.41. The number of hydrogen-bond acceptors (Lipinski definition) is 4. The number of anilines is 1. The summed E-state index contributed by atoms with van der Waals surface area (Å²) in [6, 6.07) is -0.175. The first-order valence-electron chi connectivity index (χ1n) is 7.74. The molecule has 3 heterocycles. The average molecular weight is 326 g/mol. The fourth-order valence-corrected chi connectivity index (χ4v) is 5.41. The van der Waals surface area contributed by atoms with E-state index in [0.29, 0.717) is 32.2 Å². The molecule has 2 aliphatic rings. The lowest BCUT2D eigenvalue weighted by atomic mass is 9.96. The standard InChI is InChI=1S/C14H22N4O3S/c1-3-8-22(20,21)17-7-6-13-12(17)4-5-14(19)18(13)11-9-15-16(2)10-11/h9-10,12-13H,3-8H2,1-2H3. The van der Waals surface area contributed by atoms with Crippen LogP contribution in [0.2, 0.25) is 0 Å². The number of carbonyl (C=O) groups is 1. The minimum atomic E-state index is -3.22. The highest BCUT2D eigenvalue weighted by molar-refractivity contribution is 7.89. The zero-order valence-corrected chi connectivity index (χ0v) is 13.8. The Morgan fingerprint density at radius 2 is 2.09 bits per heavy atom. The summed E-state index contributed by atoms with van der Waals surface area (Å²) in [5.74, 6) is 0.237. The molecule has 0 spiro atoms. The minimum Gasteiger partial charge on any atom is -0.305 e. The lowest BCUT2D eigenvalue weighted by molar-refractivity contribution is -0.120. The molecule has 0 N–H and O–H groups in total. The Morgan fingerprint density at radius 1 is 1.32 bits per heavy atom. The summed E-state index contributed by atoms with van der Waals surface area (Å²) in [5.41, 5.74) is 0.761. The van der Waals surface area contributed by atoms with Gasteiger partial charge in [0, 0.05) is 32.3 Å². The van der Waals surface area contributed by atoms with E-state index in [0.717, 1.165) is 5.69 Å². The molecule has 0 aliphatic carbocycles. The molecule has 2 aliphatic heterocycles. The van der Waals surface area contributed by atoms with E-state index in [2.05, 4.69) is 5.10 Å². The van der Waals surface area contributed by atoms with E-state index < -0.39 is 10.0 Å². The van der Waals surface area contributed by atoms with E-state index in [1.54, 1.807) is 20.1 Å². The third kappa shape index (κ3) is 2.54. The summed E-state index contributed by atoms with van der Waals surface area (Å²) >= 11 is 0. The first-order valence-corrected chi connectivity index (χ1v) is 9.35. The van der Waals surface area contributed by atoms with Gasteiger partial charge in [0.05, 0.1) is 23.7 Å². The molecular formula is C14H22N4O3S. The number of piperidine rings is 1. The van der Waals surface area contributed by atoms with Crippen LogP contribution in [0.25, 0.3) is 0 Å². The Balaban J connectivity index is 1.89. The van der Waals surface area contributed by atoms with Crippen molar-refractivity contribution in [1.82, 2.24) is 14.1 Å². The maximum absolute atomic E-state index is 12.4. The number of fused-ring (bicyclic) bond motifs is 1. The normalized spacial score (nSPS) is 26.5. The van der Waals surface area contributed by atoms with Crippen LogP contribution >= 0.6 is 0 Å². The zero-order chi connectivity index (χ0) is 15.9. The maximum atomic E-state index is 12.4. The van der Waals surface area contributed by atoms with Crippen LogP contribution in [0.3, 0.4) is 0 Å². The van der Waals surface area contributed by atoms with Crippen molar-refractivity contribution in [2.24, 2.45) is 7.05 Å². The van der Waals surface area contributed by atoms with E-state index in [9.17, 15) is 13.2 Å². The molecule has 0 bridgehead atoms. The van der Waals surface area contributed by atoms with Crippen LogP contribution in [0.4, 0.5) is 5.69 Å². The van der Waals surface area contributed by atoms with Gasteiger partial charge in [0.25, 0.3) is 0 Å². The first kappa shape index (κ1) is 15.5. The smallest absolute Gasteiger partial charge is 0.227 e. The maximum Gasteiger partial charge on any atom is 0.227 e. The Bertz CT molecular complexity index is 669. The second-order valence-electron chi connectivity index (χ2n) is 6.02. The van der Waals surface area contributed by atoms with Crippen molar-refractivity contribution in [2.45, 2.75) is 44.7 Å². The molecule has 2 atom stereocenters. The fourth-order valence-electron chi connectivity index (χ4n) is 3.61. The Labute approximate surface area is 130 Å². The third-order valence-electron chi connectivity index (χ3n) is 4.50. The van der Waals surface area contributed by atoms with Crippen molar-refractivity contribution in [3.63, 3.8) is 0 Å². The molecule has 2 saturated heterocycles. The quantitative estimate of drug-likeness (QED) is 0.817. The molecule has 7 nitrogen and oxygen atoms in total. The van der Waals surface area contributed by atoms with Gasteiger partial charge in [-0.05, 0) is 19.3 Å². The van der Waals surface area contributed by atoms with Crippen molar-refractivity contribution < 1.29 is 13.2 Å². The largest absolute Gasteiger partial charge is 0.305 e. The number of rotatable bonds is 4. The molecule has 0 radical (unpaired) electrons. The third-order valence-corrected chi connectivity index (χ3v) is 6.59. The Morgan fingerprint density at radius 3 is 2.73 bits per heavy atom. The molecule has 1 amide bonds. The number of sulfonamides is 1. The van der Waals surface area contributed by atoms with Crippen molar-refractivity contribution in [2.75, 3.05) is 17.2 Å². The Kier molecular flexibility index (Phi) is 3.98. The molecule has 22 heavy (non-hydrogen) atoms. The van der Waals surface area contributed by atoms with E-state index in [-0.39, 0.29) is 23.7 Å². The molecule has 8 heteroatoms. The second-order valence-corrected chi connectivity index (χ2v) is 8.07. The lowest BCUT2D eigenvalue weighted by Gasteiger charge is -2.38. The number of aryl methyl sites for hydroxylation is 1. The van der Waals surface area contributed by atoms with Gasteiger partial charge in [0.2, 0.25) is 15.9 Å². The number of amides is 1. The molecule has 1 aromatic heterocycles. The lowest BCUT2D eigenvalue weighted by Crippen LogP contribution is -2.53. The van der Waals surface area contributed by atoms with Crippen molar-refractivity contribution in [3.8, 4) is 0 Å². The monoisotopic (exact) mass is 326 g/mol. The molecule has 0 aromatic carbocycles. The molecule has 3 rings (SSSR count). The van der Waals surface area contributed by atoms with Crippen molar-refractivity contribution in [1.29, 1.82) is 0 Å². The highest BCUT2D eigenvalue weighted by Gasteiger charge is 2.47. The molecule has 2 fully saturated rings. The fraction of sp³-hybridized carbons (Fsp3) is 0.714. The summed E-state index contributed by atoms with van der Waals surface area (Å²) in [4.78, 5) is 14.1. The summed E-state index contributed by atoms with van der Waals surface area (Å²) in [5, 5.41) is 4.13. The van der Waals surface area contributed by atoms with Crippen LogP contribution in [0, 0.1) is 0 Å². The van der Waals surface area contributed by atoms with Crippen LogP contribution in [-0.2, 0) is 21.9 Å². The van der Waals surface area contributed by atoms with Crippen molar-refractivity contribution in [3.05, 3.63) is 12.4 Å². The van der Waals surface area contributed by atoms with E-state index in [4.69, 9.17) is 0 Å². The summed E-state index contributed by atoms with van der Waals surface area (Å²) in [6.45, 7) is 2.37. The number of aromatic nitrogens is 2. The summed E-state index contributed by atoms with van der Waals surface area (Å²) in [7, 11) is -1.42. The highest BCUT2D eigenvalue weighted by Crippen LogP contribution is 2.36. The number of hydrogen-bond donors (Lipinski definition) is 0. The highest BCUT2D eigenvalue weighted by atomic mass is 32.2. The molecular weight excluding hydrogens is 304 g/mol. The van der Waals surface area contributed by atoms with Crippen molar-refractivity contribution >= 4 is 21.6 Å². The van der Waals surface area contributed by atoms with Gasteiger partial charge in [0.15, 0.2) is 0 Å². The predicted octanol–water partition coefficient (Wildman–Crippen LogP) is 0.730. The van der Waals surface area contributed by atoms with E-state index in [1.807, 2.05) is 20.2 Å². The summed E-state index contributed by atoms with van der Waals surface area (Å²) in [6.07, 6.45) is 5.78. The topological polar surface area (TPSA) is 75.5 Å². The van der Waals surface area contributed by atoms with Gasteiger partial charge < -0.3 is 4.90 Å². The molecule has 122 valence electrons. The van der Waals surface area contributed by atoms with Gasteiger partial charge in [-0.3, -0.25) is 9.48 Å². The van der Waals surface area contributed by atoms with Gasteiger partial charge in [-0.25, -0.2) is 8.42 Å². The van der Waals surface area contributed by atoms with Crippen LogP contribution < -0.4 is 4.90 Å². The average Bonchev–Trinajstić information content (AvgIpc) is 3.05. The number of carbonyl (C=O) groups excluding carboxylic acids is 1. The predicted molar refractivity (Wildman–Crippen MR) is 82.9 cm³/mol. The minimum absolute atomic E-state index is 0.0592. The molecule has 0 saturated carbocycles. The second kappa shape index (κ2) is 5.66. The SMILES string of the molecule is CCCS(=O)(=O)N1CCC2C1CCC(=O)N2c1cnn(C)c1. The number of nitrogens with zero attached hydrogens (tertiary/aromatic N) is 4. The first-order chi connectivity index (χ1) is 10.4. The van der Waals surface area contributed by atoms with Gasteiger partial charge in [0.1, 0.15) is 0 Å². The van der Waals surface area contributed by atoms with Gasteiger partial charge in [-0.2, -0.15) is 9.40 Å².